The fourth-order valence-electron chi connectivity index (χ4n) is 2.76. The molecular weight excluding hydrogens is 262 g/mol. The quantitative estimate of drug-likeness (QED) is 0.892. The van der Waals surface area contributed by atoms with Crippen LogP contribution in [0.4, 0.5) is 8.78 Å². The van der Waals surface area contributed by atoms with E-state index in [4.69, 9.17) is 5.73 Å². The Balaban J connectivity index is 2.27. The molecule has 1 aliphatic rings. The third-order valence-electron chi connectivity index (χ3n) is 4.09. The minimum Gasteiger partial charge on any atom is -0.368 e. The van der Waals surface area contributed by atoms with Crippen LogP contribution in [0.15, 0.2) is 18.2 Å². The number of hydrogen-bond acceptors (Lipinski definition) is 2. The van der Waals surface area contributed by atoms with E-state index < -0.39 is 23.1 Å². The van der Waals surface area contributed by atoms with E-state index in [0.717, 1.165) is 37.8 Å². The number of carbonyl (C=O) groups excluding carboxylic acids is 1. The maximum atomic E-state index is 13.4. The van der Waals surface area contributed by atoms with Crippen molar-refractivity contribution < 1.29 is 13.6 Å². The molecule has 0 bridgehead atoms. The van der Waals surface area contributed by atoms with Gasteiger partial charge in [0.15, 0.2) is 11.6 Å². The van der Waals surface area contributed by atoms with Gasteiger partial charge < -0.3 is 5.73 Å². The van der Waals surface area contributed by atoms with Crippen LogP contribution < -0.4 is 11.1 Å². The van der Waals surface area contributed by atoms with Crippen molar-refractivity contribution in [2.75, 3.05) is 0 Å². The minimum absolute atomic E-state index is 0.175. The van der Waals surface area contributed by atoms with Crippen LogP contribution in [0.2, 0.25) is 0 Å². The average molecular weight is 282 g/mol. The molecule has 0 aromatic heterocycles. The summed E-state index contributed by atoms with van der Waals surface area (Å²) in [6, 6.07) is 3.64. The molecule has 3 N–H and O–H groups in total. The molecule has 5 heteroatoms. The number of halogens is 2. The zero-order chi connectivity index (χ0) is 14.8. The van der Waals surface area contributed by atoms with Gasteiger partial charge in [-0.2, -0.15) is 0 Å². The van der Waals surface area contributed by atoms with Crippen molar-refractivity contribution in [3.8, 4) is 0 Å². The number of nitrogens with one attached hydrogen (secondary N) is 1. The predicted octanol–water partition coefficient (Wildman–Crippen LogP) is 2.59. The third kappa shape index (κ3) is 2.98. The van der Waals surface area contributed by atoms with Crippen LogP contribution in [0, 0.1) is 11.6 Å². The van der Waals surface area contributed by atoms with E-state index >= 15 is 0 Å². The van der Waals surface area contributed by atoms with Crippen molar-refractivity contribution in [2.45, 2.75) is 50.6 Å². The van der Waals surface area contributed by atoms with Crippen LogP contribution in [-0.2, 0) is 10.3 Å². The molecule has 1 atom stereocenters. The average Bonchev–Trinajstić information content (AvgIpc) is 2.42. The fraction of sp³-hybridized carbons (Fsp3) is 0.533. The molecule has 2 rings (SSSR count). The molecule has 1 aromatic rings. The van der Waals surface area contributed by atoms with E-state index in [1.807, 2.05) is 0 Å². The second-order valence-corrected chi connectivity index (χ2v) is 5.60. The second-order valence-electron chi connectivity index (χ2n) is 5.60. The van der Waals surface area contributed by atoms with Crippen molar-refractivity contribution in [3.63, 3.8) is 0 Å². The monoisotopic (exact) mass is 282 g/mol. The zero-order valence-corrected chi connectivity index (χ0v) is 11.6. The molecule has 20 heavy (non-hydrogen) atoms. The largest absolute Gasteiger partial charge is 0.368 e. The molecule has 1 aromatic carbocycles. The number of rotatable bonds is 4. The summed E-state index contributed by atoms with van der Waals surface area (Å²) < 4.78 is 26.4. The molecule has 0 aliphatic heterocycles. The first-order chi connectivity index (χ1) is 9.43. The Labute approximate surface area is 117 Å². The van der Waals surface area contributed by atoms with E-state index in [9.17, 15) is 13.6 Å². The maximum Gasteiger partial charge on any atom is 0.242 e. The lowest BCUT2D eigenvalue weighted by molar-refractivity contribution is -0.124. The van der Waals surface area contributed by atoms with Gasteiger partial charge in [-0.1, -0.05) is 25.3 Å². The van der Waals surface area contributed by atoms with Crippen LogP contribution >= 0.6 is 0 Å². The fourth-order valence-corrected chi connectivity index (χ4v) is 2.76. The Morgan fingerprint density at radius 2 is 1.90 bits per heavy atom. The summed E-state index contributed by atoms with van der Waals surface area (Å²) >= 11 is 0. The van der Waals surface area contributed by atoms with Crippen LogP contribution in [0.3, 0.4) is 0 Å². The van der Waals surface area contributed by atoms with E-state index in [1.165, 1.54) is 12.5 Å². The molecule has 0 heterocycles. The summed E-state index contributed by atoms with van der Waals surface area (Å²) in [4.78, 5) is 11.8. The highest BCUT2D eigenvalue weighted by atomic mass is 19.2. The Kier molecular flexibility index (Phi) is 4.38. The lowest BCUT2D eigenvalue weighted by Gasteiger charge is -2.34. The molecule has 1 aliphatic carbocycles. The van der Waals surface area contributed by atoms with Gasteiger partial charge in [-0.05, 0) is 37.5 Å². The SMILES string of the molecule is CC(NC1CCCCC1)(C(N)=O)c1ccc(F)c(F)c1. The number of nitrogens with two attached hydrogens (primary N) is 1. The van der Waals surface area contributed by atoms with Gasteiger partial charge in [0.05, 0.1) is 0 Å². The van der Waals surface area contributed by atoms with Crippen molar-refractivity contribution >= 4 is 5.91 Å². The normalized spacial score (nSPS) is 19.6. The molecule has 0 spiro atoms. The Bertz CT molecular complexity index is 501. The van der Waals surface area contributed by atoms with Crippen molar-refractivity contribution in [3.05, 3.63) is 35.4 Å². The molecule has 1 amide bonds. The van der Waals surface area contributed by atoms with E-state index in [2.05, 4.69) is 5.32 Å². The van der Waals surface area contributed by atoms with Gasteiger partial charge in [-0.15, -0.1) is 0 Å². The molecule has 1 saturated carbocycles. The smallest absolute Gasteiger partial charge is 0.242 e. The Morgan fingerprint density at radius 3 is 2.45 bits per heavy atom. The number of hydrogen-bond donors (Lipinski definition) is 2. The summed E-state index contributed by atoms with van der Waals surface area (Å²) in [6.07, 6.45) is 5.32. The molecular formula is C15H20F2N2O. The standard InChI is InChI=1S/C15H20F2N2O/c1-15(14(18)20,19-11-5-3-2-4-6-11)10-7-8-12(16)13(17)9-10/h7-9,11,19H,2-6H2,1H3,(H2,18,20). The molecule has 1 fully saturated rings. The number of carbonyl (C=O) groups is 1. The van der Waals surface area contributed by atoms with Gasteiger partial charge >= 0.3 is 0 Å². The summed E-state index contributed by atoms with van der Waals surface area (Å²) in [7, 11) is 0. The van der Waals surface area contributed by atoms with Crippen molar-refractivity contribution in [1.29, 1.82) is 0 Å². The van der Waals surface area contributed by atoms with E-state index in [-0.39, 0.29) is 6.04 Å². The van der Waals surface area contributed by atoms with Crippen molar-refractivity contribution in [1.82, 2.24) is 5.32 Å². The van der Waals surface area contributed by atoms with Gasteiger partial charge in [0.2, 0.25) is 5.91 Å². The number of primary amides is 1. The van der Waals surface area contributed by atoms with Gasteiger partial charge in [-0.25, -0.2) is 8.78 Å². The summed E-state index contributed by atoms with van der Waals surface area (Å²) in [6.45, 7) is 1.62. The molecule has 1 unspecified atom stereocenters. The lowest BCUT2D eigenvalue weighted by Crippen LogP contribution is -2.54. The van der Waals surface area contributed by atoms with Crippen LogP contribution in [0.25, 0.3) is 0 Å². The first-order valence-corrected chi connectivity index (χ1v) is 6.96. The summed E-state index contributed by atoms with van der Waals surface area (Å²) in [5.74, 6) is -2.49. The highest BCUT2D eigenvalue weighted by Gasteiger charge is 2.36. The summed E-state index contributed by atoms with van der Waals surface area (Å²) in [5, 5.41) is 3.23. The Hall–Kier alpha value is -1.49. The number of amides is 1. The Morgan fingerprint density at radius 1 is 1.25 bits per heavy atom. The zero-order valence-electron chi connectivity index (χ0n) is 11.6. The van der Waals surface area contributed by atoms with E-state index in [1.54, 1.807) is 6.92 Å². The first-order valence-electron chi connectivity index (χ1n) is 6.96. The third-order valence-corrected chi connectivity index (χ3v) is 4.09. The van der Waals surface area contributed by atoms with Gasteiger partial charge in [0, 0.05) is 6.04 Å². The van der Waals surface area contributed by atoms with Gasteiger partial charge in [0.25, 0.3) is 0 Å². The molecule has 110 valence electrons. The summed E-state index contributed by atoms with van der Waals surface area (Å²) in [5.41, 5.74) is 4.66. The number of benzene rings is 1. The maximum absolute atomic E-state index is 13.4. The molecule has 0 saturated heterocycles. The predicted molar refractivity (Wildman–Crippen MR) is 72.9 cm³/mol. The molecule has 0 radical (unpaired) electrons. The highest BCUT2D eigenvalue weighted by molar-refractivity contribution is 5.85. The highest BCUT2D eigenvalue weighted by Crippen LogP contribution is 2.27. The first kappa shape index (κ1) is 14.9. The second kappa shape index (κ2) is 5.87. The van der Waals surface area contributed by atoms with Gasteiger partial charge in [-0.3, -0.25) is 10.1 Å². The van der Waals surface area contributed by atoms with Crippen LogP contribution in [0.5, 0.6) is 0 Å². The van der Waals surface area contributed by atoms with Crippen LogP contribution in [-0.4, -0.2) is 11.9 Å². The van der Waals surface area contributed by atoms with Crippen LogP contribution in [0.1, 0.15) is 44.6 Å². The minimum atomic E-state index is -1.18. The van der Waals surface area contributed by atoms with Gasteiger partial charge in [0.1, 0.15) is 5.54 Å². The van der Waals surface area contributed by atoms with Crippen molar-refractivity contribution in [2.24, 2.45) is 5.73 Å². The molecule has 3 nitrogen and oxygen atoms in total. The van der Waals surface area contributed by atoms with E-state index in [0.29, 0.717) is 5.56 Å². The lowest BCUT2D eigenvalue weighted by atomic mass is 9.87. The topological polar surface area (TPSA) is 55.1 Å².